The highest BCUT2D eigenvalue weighted by atomic mass is 16.5. The second-order valence-electron chi connectivity index (χ2n) is 9.95. The Morgan fingerprint density at radius 1 is 0.821 bits per heavy atom. The first kappa shape index (κ1) is 26.0. The quantitative estimate of drug-likeness (QED) is 0.271. The number of hydrogen-bond donors (Lipinski definition) is 1. The van der Waals surface area contributed by atoms with E-state index in [0.717, 1.165) is 6.42 Å². The average molecular weight is 525 g/mol. The number of nitrogens with zero attached hydrogens (tertiary/aromatic N) is 1. The summed E-state index contributed by atoms with van der Waals surface area (Å²) in [4.78, 5) is 63.7. The molecule has 1 N–H and O–H groups in total. The number of Topliss-reactive ketones (excluding diaryl/α,β-unsaturated/α-hetero) is 1. The molecule has 0 radical (unpaired) electrons. The van der Waals surface area contributed by atoms with Crippen molar-refractivity contribution in [2.24, 2.45) is 11.8 Å². The SMILES string of the molecule is CC(=O)c1ccc(NC(=O)COC(=O)c2ccc(N3C(=O)[C@@H]4CC[C@@H](c5ccccc5)C[C@H]4C3=O)cc2)cc1. The molecule has 0 unspecified atom stereocenters. The lowest BCUT2D eigenvalue weighted by molar-refractivity contribution is -0.122. The third-order valence-electron chi connectivity index (χ3n) is 7.47. The van der Waals surface area contributed by atoms with Crippen LogP contribution < -0.4 is 10.2 Å². The Balaban J connectivity index is 1.18. The van der Waals surface area contributed by atoms with Gasteiger partial charge in [0.1, 0.15) is 0 Å². The number of hydrogen-bond acceptors (Lipinski definition) is 6. The summed E-state index contributed by atoms with van der Waals surface area (Å²) in [5, 5.41) is 2.60. The first-order valence-electron chi connectivity index (χ1n) is 12.9. The van der Waals surface area contributed by atoms with Crippen molar-refractivity contribution in [2.75, 3.05) is 16.8 Å². The van der Waals surface area contributed by atoms with E-state index in [-0.39, 0.29) is 40.9 Å². The molecule has 1 saturated heterocycles. The smallest absolute Gasteiger partial charge is 0.338 e. The maximum Gasteiger partial charge on any atom is 0.338 e. The number of carbonyl (C=O) groups is 5. The summed E-state index contributed by atoms with van der Waals surface area (Å²) in [7, 11) is 0. The Labute approximate surface area is 226 Å². The van der Waals surface area contributed by atoms with Gasteiger partial charge in [0.15, 0.2) is 12.4 Å². The Bertz CT molecular complexity index is 1420. The van der Waals surface area contributed by atoms with Crippen LogP contribution in [0.15, 0.2) is 78.9 Å². The molecule has 1 aliphatic heterocycles. The Morgan fingerprint density at radius 3 is 2.13 bits per heavy atom. The summed E-state index contributed by atoms with van der Waals surface area (Å²) in [6.07, 6.45) is 2.17. The number of amides is 3. The van der Waals surface area contributed by atoms with E-state index < -0.39 is 18.5 Å². The number of ether oxygens (including phenoxy) is 1. The number of fused-ring (bicyclic) bond motifs is 1. The highest BCUT2D eigenvalue weighted by Crippen LogP contribution is 2.45. The van der Waals surface area contributed by atoms with E-state index in [1.54, 1.807) is 36.4 Å². The van der Waals surface area contributed by atoms with E-state index in [1.807, 2.05) is 18.2 Å². The van der Waals surface area contributed by atoms with Gasteiger partial charge >= 0.3 is 5.97 Å². The fraction of sp³-hybridized carbons (Fsp3) is 0.258. The normalized spacial score (nSPS) is 20.3. The monoisotopic (exact) mass is 524 g/mol. The van der Waals surface area contributed by atoms with Crippen molar-refractivity contribution in [3.05, 3.63) is 95.6 Å². The van der Waals surface area contributed by atoms with Crippen LogP contribution in [0.5, 0.6) is 0 Å². The molecule has 0 bridgehead atoms. The molecule has 2 aliphatic rings. The van der Waals surface area contributed by atoms with Gasteiger partial charge in [0.25, 0.3) is 5.91 Å². The number of rotatable bonds is 7. The molecule has 2 fully saturated rings. The van der Waals surface area contributed by atoms with Crippen molar-refractivity contribution in [1.82, 2.24) is 0 Å². The predicted molar refractivity (Wildman–Crippen MR) is 144 cm³/mol. The zero-order chi connectivity index (χ0) is 27.5. The molecule has 198 valence electrons. The van der Waals surface area contributed by atoms with Gasteiger partial charge < -0.3 is 10.1 Å². The molecule has 3 amide bonds. The summed E-state index contributed by atoms with van der Waals surface area (Å²) in [6.45, 7) is 0.956. The number of ketones is 1. The van der Waals surface area contributed by atoms with E-state index in [2.05, 4.69) is 17.4 Å². The predicted octanol–water partition coefficient (Wildman–Crippen LogP) is 4.76. The third-order valence-corrected chi connectivity index (χ3v) is 7.47. The van der Waals surface area contributed by atoms with Crippen LogP contribution in [0.25, 0.3) is 0 Å². The van der Waals surface area contributed by atoms with Crippen molar-refractivity contribution in [1.29, 1.82) is 0 Å². The van der Waals surface area contributed by atoms with Crippen molar-refractivity contribution >= 4 is 40.8 Å². The molecule has 3 aromatic carbocycles. The molecule has 1 saturated carbocycles. The molecule has 8 heteroatoms. The number of imide groups is 1. The van der Waals surface area contributed by atoms with Gasteiger partial charge in [-0.25, -0.2) is 4.79 Å². The van der Waals surface area contributed by atoms with Gasteiger partial charge in [-0.05, 0) is 86.2 Å². The number of anilines is 2. The van der Waals surface area contributed by atoms with Crippen molar-refractivity contribution in [3.63, 3.8) is 0 Å². The Morgan fingerprint density at radius 2 is 1.46 bits per heavy atom. The zero-order valence-electron chi connectivity index (χ0n) is 21.5. The van der Waals surface area contributed by atoms with Crippen LogP contribution in [0.4, 0.5) is 11.4 Å². The van der Waals surface area contributed by atoms with Gasteiger partial charge in [0.05, 0.1) is 23.1 Å². The molecule has 1 aliphatic carbocycles. The topological polar surface area (TPSA) is 110 Å². The highest BCUT2D eigenvalue weighted by molar-refractivity contribution is 6.22. The molecule has 0 aromatic heterocycles. The lowest BCUT2D eigenvalue weighted by Crippen LogP contribution is -2.30. The minimum Gasteiger partial charge on any atom is -0.452 e. The van der Waals surface area contributed by atoms with Crippen molar-refractivity contribution < 1.29 is 28.7 Å². The average Bonchev–Trinajstić information content (AvgIpc) is 3.21. The van der Waals surface area contributed by atoms with Gasteiger partial charge in [-0.15, -0.1) is 0 Å². The summed E-state index contributed by atoms with van der Waals surface area (Å²) >= 11 is 0. The van der Waals surface area contributed by atoms with Crippen LogP contribution in [0.1, 0.15) is 58.4 Å². The van der Waals surface area contributed by atoms with E-state index in [1.165, 1.54) is 29.5 Å². The number of benzene rings is 3. The Hall–Kier alpha value is -4.59. The van der Waals surface area contributed by atoms with Crippen LogP contribution in [0, 0.1) is 11.8 Å². The highest BCUT2D eigenvalue weighted by Gasteiger charge is 2.50. The molecule has 0 spiro atoms. The van der Waals surface area contributed by atoms with Crippen molar-refractivity contribution in [2.45, 2.75) is 32.1 Å². The van der Waals surface area contributed by atoms with E-state index in [9.17, 15) is 24.0 Å². The molecule has 3 aromatic rings. The van der Waals surface area contributed by atoms with Gasteiger partial charge in [-0.2, -0.15) is 0 Å². The van der Waals surface area contributed by atoms with Crippen LogP contribution in [0.2, 0.25) is 0 Å². The number of esters is 1. The minimum absolute atomic E-state index is 0.0821. The van der Waals surface area contributed by atoms with Gasteiger partial charge in [0.2, 0.25) is 11.8 Å². The fourth-order valence-electron chi connectivity index (χ4n) is 5.41. The van der Waals surface area contributed by atoms with E-state index in [0.29, 0.717) is 29.8 Å². The summed E-state index contributed by atoms with van der Waals surface area (Å²) < 4.78 is 5.11. The first-order valence-corrected chi connectivity index (χ1v) is 12.9. The lowest BCUT2D eigenvalue weighted by Gasteiger charge is -2.28. The van der Waals surface area contributed by atoms with E-state index >= 15 is 0 Å². The lowest BCUT2D eigenvalue weighted by atomic mass is 9.73. The molecular formula is C31H28N2O6. The first-order chi connectivity index (χ1) is 18.8. The molecule has 5 rings (SSSR count). The maximum atomic E-state index is 13.3. The molecular weight excluding hydrogens is 496 g/mol. The van der Waals surface area contributed by atoms with Crippen LogP contribution in [0.3, 0.4) is 0 Å². The van der Waals surface area contributed by atoms with Gasteiger partial charge in [-0.1, -0.05) is 30.3 Å². The molecule has 1 heterocycles. The van der Waals surface area contributed by atoms with Gasteiger partial charge in [0, 0.05) is 11.3 Å². The summed E-state index contributed by atoms with van der Waals surface area (Å²) in [5.41, 5.74) is 2.80. The number of nitrogens with one attached hydrogen (secondary N) is 1. The third kappa shape index (κ3) is 5.50. The minimum atomic E-state index is -0.706. The zero-order valence-corrected chi connectivity index (χ0v) is 21.5. The standard InChI is InChI=1S/C31H28N2O6/c1-19(34)20-7-12-24(13-8-20)32-28(35)18-39-31(38)22-9-14-25(15-10-22)33-29(36)26-16-11-23(17-27(26)30(33)37)21-5-3-2-4-6-21/h2-10,12-15,23,26-27H,11,16-18H2,1H3,(H,32,35)/t23-,26-,27-/m1/s1. The second kappa shape index (κ2) is 11.0. The van der Waals surface area contributed by atoms with Crippen LogP contribution in [-0.4, -0.2) is 36.1 Å². The number of carbonyl (C=O) groups excluding carboxylic acids is 5. The molecule has 39 heavy (non-hydrogen) atoms. The fourth-order valence-corrected chi connectivity index (χ4v) is 5.41. The summed E-state index contributed by atoms with van der Waals surface area (Å²) in [6, 6.07) is 22.5. The summed E-state index contributed by atoms with van der Waals surface area (Å²) in [5.74, 6) is -2.13. The van der Waals surface area contributed by atoms with Crippen LogP contribution in [-0.2, 0) is 19.1 Å². The van der Waals surface area contributed by atoms with Gasteiger partial charge in [-0.3, -0.25) is 24.1 Å². The van der Waals surface area contributed by atoms with Crippen LogP contribution >= 0.6 is 0 Å². The largest absolute Gasteiger partial charge is 0.452 e. The maximum absolute atomic E-state index is 13.3. The molecule has 8 nitrogen and oxygen atoms in total. The molecule has 3 atom stereocenters. The Kier molecular flexibility index (Phi) is 7.36. The second-order valence-corrected chi connectivity index (χ2v) is 9.95. The van der Waals surface area contributed by atoms with E-state index in [4.69, 9.17) is 4.74 Å². The van der Waals surface area contributed by atoms with Crippen molar-refractivity contribution in [3.8, 4) is 0 Å².